The van der Waals surface area contributed by atoms with Gasteiger partial charge >= 0.3 is 0 Å². The molecule has 1 heterocycles. The summed E-state index contributed by atoms with van der Waals surface area (Å²) < 4.78 is 31.3. The van der Waals surface area contributed by atoms with Crippen LogP contribution in [0, 0.1) is 0 Å². The van der Waals surface area contributed by atoms with Crippen molar-refractivity contribution in [1.29, 1.82) is 0 Å². The van der Waals surface area contributed by atoms with E-state index in [1.54, 1.807) is 7.05 Å². The van der Waals surface area contributed by atoms with E-state index in [2.05, 4.69) is 6.07 Å². The van der Waals surface area contributed by atoms with Crippen molar-refractivity contribution in [3.05, 3.63) is 53.1 Å². The molecule has 1 fully saturated rings. The summed E-state index contributed by atoms with van der Waals surface area (Å²) in [5.41, 5.74) is 3.39. The number of nitrogens with zero attached hydrogens (tertiary/aromatic N) is 1. The van der Waals surface area contributed by atoms with Crippen molar-refractivity contribution in [2.24, 2.45) is 0 Å². The van der Waals surface area contributed by atoms with Gasteiger partial charge < -0.3 is 4.42 Å². The summed E-state index contributed by atoms with van der Waals surface area (Å²) in [6.07, 6.45) is 3.41. The number of anilines is 1. The largest absolute Gasteiger partial charge is 0.456 e. The highest BCUT2D eigenvalue weighted by Crippen LogP contribution is 2.46. The zero-order valence-electron chi connectivity index (χ0n) is 14.0. The van der Waals surface area contributed by atoms with Gasteiger partial charge in [-0.1, -0.05) is 11.6 Å². The predicted octanol–water partition coefficient (Wildman–Crippen LogP) is 5.03. The van der Waals surface area contributed by atoms with Gasteiger partial charge in [0.1, 0.15) is 11.3 Å². The van der Waals surface area contributed by atoms with Gasteiger partial charge in [-0.25, -0.2) is 8.42 Å². The number of rotatable bonds is 4. The summed E-state index contributed by atoms with van der Waals surface area (Å²) in [6, 6.07) is 13.4. The minimum Gasteiger partial charge on any atom is -0.456 e. The molecule has 0 N–H and O–H groups in total. The minimum absolute atomic E-state index is 0.428. The molecular formula is C19H18ClNO3S. The monoisotopic (exact) mass is 375 g/mol. The number of fused-ring (bicyclic) bond motifs is 1. The Morgan fingerprint density at radius 3 is 2.40 bits per heavy atom. The Morgan fingerprint density at radius 2 is 1.80 bits per heavy atom. The Hall–Kier alpha value is -1.98. The third-order valence-corrected chi connectivity index (χ3v) is 6.09. The molecule has 25 heavy (non-hydrogen) atoms. The van der Waals surface area contributed by atoms with Crippen molar-refractivity contribution < 1.29 is 12.8 Å². The maximum absolute atomic E-state index is 12.0. The molecule has 4 nitrogen and oxygen atoms in total. The van der Waals surface area contributed by atoms with Gasteiger partial charge in [0.05, 0.1) is 11.9 Å². The fraction of sp³-hybridized carbons (Fsp3) is 0.263. The van der Waals surface area contributed by atoms with Gasteiger partial charge in [-0.15, -0.1) is 0 Å². The number of furan rings is 1. The van der Waals surface area contributed by atoms with Crippen molar-refractivity contribution in [3.8, 4) is 11.3 Å². The van der Waals surface area contributed by atoms with Crippen LogP contribution in [-0.2, 0) is 10.0 Å². The molecule has 0 radical (unpaired) electrons. The van der Waals surface area contributed by atoms with Crippen LogP contribution in [0.2, 0.25) is 5.02 Å². The van der Waals surface area contributed by atoms with E-state index in [4.69, 9.17) is 16.0 Å². The number of sulfonamides is 1. The lowest BCUT2D eigenvalue weighted by Crippen LogP contribution is -2.25. The van der Waals surface area contributed by atoms with Crippen molar-refractivity contribution >= 4 is 38.3 Å². The Labute approximate surface area is 152 Å². The van der Waals surface area contributed by atoms with Crippen molar-refractivity contribution in [1.82, 2.24) is 0 Å². The maximum Gasteiger partial charge on any atom is 0.232 e. The van der Waals surface area contributed by atoms with Crippen molar-refractivity contribution in [3.63, 3.8) is 0 Å². The Morgan fingerprint density at radius 1 is 1.12 bits per heavy atom. The van der Waals surface area contributed by atoms with Gasteiger partial charge in [-0.2, -0.15) is 0 Å². The Bertz CT molecular complexity index is 1050. The zero-order valence-corrected chi connectivity index (χ0v) is 15.6. The molecule has 0 saturated heterocycles. The van der Waals surface area contributed by atoms with E-state index in [-0.39, 0.29) is 0 Å². The molecule has 0 atom stereocenters. The van der Waals surface area contributed by atoms with Crippen LogP contribution in [0.15, 0.2) is 46.9 Å². The van der Waals surface area contributed by atoms with Crippen LogP contribution < -0.4 is 4.31 Å². The second kappa shape index (κ2) is 5.78. The van der Waals surface area contributed by atoms with Crippen LogP contribution in [0.3, 0.4) is 0 Å². The molecule has 0 bridgehead atoms. The molecule has 2 aromatic carbocycles. The van der Waals surface area contributed by atoms with E-state index in [0.29, 0.717) is 22.2 Å². The summed E-state index contributed by atoms with van der Waals surface area (Å²) in [5, 5.41) is 1.66. The van der Waals surface area contributed by atoms with Crippen LogP contribution >= 0.6 is 11.6 Å². The molecule has 6 heteroatoms. The van der Waals surface area contributed by atoms with Crippen LogP contribution in [0.4, 0.5) is 5.69 Å². The number of hydrogen-bond acceptors (Lipinski definition) is 3. The van der Waals surface area contributed by atoms with Crippen LogP contribution in [0.5, 0.6) is 0 Å². The molecule has 0 spiro atoms. The quantitative estimate of drug-likeness (QED) is 0.642. The van der Waals surface area contributed by atoms with Gasteiger partial charge in [0.2, 0.25) is 10.0 Å². The van der Waals surface area contributed by atoms with Crippen LogP contribution in [-0.4, -0.2) is 21.7 Å². The smallest absolute Gasteiger partial charge is 0.232 e. The SMILES string of the molecule is CN(c1cc2oc(-c3ccc(Cl)cc3)cc2cc1C1CC1)S(C)(=O)=O. The fourth-order valence-corrected chi connectivity index (χ4v) is 3.66. The molecule has 0 unspecified atom stereocenters. The zero-order chi connectivity index (χ0) is 17.8. The second-order valence-corrected chi connectivity index (χ2v) is 9.02. The highest BCUT2D eigenvalue weighted by Gasteiger charge is 2.30. The Balaban J connectivity index is 1.86. The molecule has 130 valence electrons. The lowest BCUT2D eigenvalue weighted by molar-refractivity contribution is 0.600. The maximum atomic E-state index is 12.0. The van der Waals surface area contributed by atoms with Crippen molar-refractivity contribution in [2.75, 3.05) is 17.6 Å². The van der Waals surface area contributed by atoms with Gasteiger partial charge in [-0.3, -0.25) is 4.31 Å². The third-order valence-electron chi connectivity index (χ3n) is 4.65. The average molecular weight is 376 g/mol. The fourth-order valence-electron chi connectivity index (χ4n) is 3.02. The van der Waals surface area contributed by atoms with Gasteiger partial charge in [0.15, 0.2) is 0 Å². The second-order valence-electron chi connectivity index (χ2n) is 6.57. The van der Waals surface area contributed by atoms with E-state index in [9.17, 15) is 8.42 Å². The molecule has 1 aliphatic carbocycles. The number of benzene rings is 2. The van der Waals surface area contributed by atoms with Gasteiger partial charge in [0.25, 0.3) is 0 Å². The topological polar surface area (TPSA) is 50.5 Å². The molecule has 0 aliphatic heterocycles. The first-order valence-corrected chi connectivity index (χ1v) is 10.3. The first-order valence-electron chi connectivity index (χ1n) is 8.10. The minimum atomic E-state index is -3.33. The Kier molecular flexibility index (Phi) is 3.81. The molecule has 3 aromatic rings. The average Bonchev–Trinajstić information content (AvgIpc) is 3.32. The molecule has 1 aliphatic rings. The van der Waals surface area contributed by atoms with E-state index >= 15 is 0 Å². The summed E-state index contributed by atoms with van der Waals surface area (Å²) in [7, 11) is -1.74. The lowest BCUT2D eigenvalue weighted by Gasteiger charge is -2.20. The van der Waals surface area contributed by atoms with E-state index in [0.717, 1.165) is 35.1 Å². The normalized spacial score (nSPS) is 14.8. The van der Waals surface area contributed by atoms with Crippen LogP contribution in [0.1, 0.15) is 24.3 Å². The lowest BCUT2D eigenvalue weighted by atomic mass is 10.1. The van der Waals surface area contributed by atoms with E-state index < -0.39 is 10.0 Å². The summed E-state index contributed by atoms with van der Waals surface area (Å²) in [5.74, 6) is 1.17. The number of hydrogen-bond donors (Lipinski definition) is 0. The van der Waals surface area contributed by atoms with E-state index in [1.165, 1.54) is 10.6 Å². The van der Waals surface area contributed by atoms with Crippen molar-refractivity contribution in [2.45, 2.75) is 18.8 Å². The highest BCUT2D eigenvalue weighted by molar-refractivity contribution is 7.92. The predicted molar refractivity (Wildman–Crippen MR) is 102 cm³/mol. The van der Waals surface area contributed by atoms with Gasteiger partial charge in [0, 0.05) is 29.1 Å². The first kappa shape index (κ1) is 16.5. The molecule has 1 saturated carbocycles. The molecular weight excluding hydrogens is 358 g/mol. The summed E-state index contributed by atoms with van der Waals surface area (Å²) in [6.45, 7) is 0. The van der Waals surface area contributed by atoms with E-state index in [1.807, 2.05) is 36.4 Å². The third kappa shape index (κ3) is 3.14. The molecule has 4 rings (SSSR count). The first-order chi connectivity index (χ1) is 11.8. The summed E-state index contributed by atoms with van der Waals surface area (Å²) in [4.78, 5) is 0. The molecule has 0 amide bonds. The number of halogens is 1. The van der Waals surface area contributed by atoms with Gasteiger partial charge in [-0.05, 0) is 60.7 Å². The standard InChI is InChI=1S/C19H18ClNO3S/c1-21(25(2,22)23)17-11-19-14(9-16(17)12-3-4-12)10-18(24-19)13-5-7-15(20)8-6-13/h5-12H,3-4H2,1-2H3. The summed E-state index contributed by atoms with van der Waals surface area (Å²) >= 11 is 5.95. The van der Waals surface area contributed by atoms with Crippen LogP contribution in [0.25, 0.3) is 22.3 Å². The highest BCUT2D eigenvalue weighted by atomic mass is 35.5. The molecule has 1 aromatic heterocycles.